The number of hydrogen-bond acceptors (Lipinski definition) is 4. The quantitative estimate of drug-likeness (QED) is 0.857. The first-order valence-electron chi connectivity index (χ1n) is 7.05. The number of phenolic OH excluding ortho intramolecular Hbond substituents is 1. The fourth-order valence-corrected chi connectivity index (χ4v) is 2.91. The summed E-state index contributed by atoms with van der Waals surface area (Å²) in [6.07, 6.45) is 5.23. The summed E-state index contributed by atoms with van der Waals surface area (Å²) >= 11 is 0. The Bertz CT molecular complexity index is 463. The van der Waals surface area contributed by atoms with Crippen LogP contribution in [-0.4, -0.2) is 18.4 Å². The molecule has 1 aromatic carbocycles. The van der Waals surface area contributed by atoms with Crippen molar-refractivity contribution in [2.24, 2.45) is 5.41 Å². The molecule has 0 bridgehead atoms. The lowest BCUT2D eigenvalue weighted by Crippen LogP contribution is -2.39. The lowest BCUT2D eigenvalue weighted by atomic mass is 9.67. The second-order valence-electron chi connectivity index (χ2n) is 5.64. The van der Waals surface area contributed by atoms with E-state index in [1.54, 1.807) is 6.07 Å². The van der Waals surface area contributed by atoms with Crippen LogP contribution in [0.3, 0.4) is 0 Å². The highest BCUT2D eigenvalue weighted by Gasteiger charge is 2.34. The van der Waals surface area contributed by atoms with Crippen LogP contribution >= 0.6 is 0 Å². The molecule has 1 aromatic rings. The smallest absolute Gasteiger partial charge is 0.231 e. The van der Waals surface area contributed by atoms with Gasteiger partial charge in [-0.2, -0.15) is 0 Å². The summed E-state index contributed by atoms with van der Waals surface area (Å²) in [6, 6.07) is 3.50. The number of nitrogens with one attached hydrogen (secondary N) is 1. The zero-order chi connectivity index (χ0) is 13.3. The molecule has 0 aromatic heterocycles. The molecule has 3 rings (SSSR count). The Morgan fingerprint density at radius 1 is 1.26 bits per heavy atom. The minimum Gasteiger partial charge on any atom is -0.507 e. The van der Waals surface area contributed by atoms with Gasteiger partial charge in [0.25, 0.3) is 0 Å². The van der Waals surface area contributed by atoms with Gasteiger partial charge in [0.05, 0.1) is 0 Å². The van der Waals surface area contributed by atoms with Crippen molar-refractivity contribution in [3.05, 3.63) is 17.7 Å². The summed E-state index contributed by atoms with van der Waals surface area (Å²) in [5.41, 5.74) is 1.36. The molecule has 1 aliphatic heterocycles. The Kier molecular flexibility index (Phi) is 3.27. The van der Waals surface area contributed by atoms with Crippen LogP contribution in [0.25, 0.3) is 0 Å². The van der Waals surface area contributed by atoms with Crippen molar-refractivity contribution in [2.75, 3.05) is 13.3 Å². The maximum atomic E-state index is 9.96. The van der Waals surface area contributed by atoms with Crippen molar-refractivity contribution >= 4 is 0 Å². The third-order valence-corrected chi connectivity index (χ3v) is 4.55. The predicted molar refractivity (Wildman–Crippen MR) is 72.5 cm³/mol. The molecule has 1 heterocycles. The fraction of sp³-hybridized carbons (Fsp3) is 0.600. The van der Waals surface area contributed by atoms with E-state index in [1.807, 2.05) is 6.07 Å². The van der Waals surface area contributed by atoms with Gasteiger partial charge in [-0.25, -0.2) is 0 Å². The minimum absolute atomic E-state index is 0.241. The van der Waals surface area contributed by atoms with Gasteiger partial charge in [-0.3, -0.25) is 0 Å². The zero-order valence-corrected chi connectivity index (χ0v) is 11.4. The Hall–Kier alpha value is -1.42. The highest BCUT2D eigenvalue weighted by atomic mass is 16.7. The van der Waals surface area contributed by atoms with Gasteiger partial charge in [-0.1, -0.05) is 13.3 Å². The second kappa shape index (κ2) is 4.93. The maximum Gasteiger partial charge on any atom is 0.231 e. The van der Waals surface area contributed by atoms with Crippen molar-refractivity contribution in [1.82, 2.24) is 5.32 Å². The molecule has 2 aliphatic rings. The third kappa shape index (κ3) is 2.37. The molecule has 104 valence electrons. The molecule has 0 spiro atoms. The predicted octanol–water partition coefficient (Wildman–Crippen LogP) is 2.79. The van der Waals surface area contributed by atoms with Crippen LogP contribution in [0.5, 0.6) is 17.2 Å². The van der Waals surface area contributed by atoms with Crippen LogP contribution < -0.4 is 14.8 Å². The first kappa shape index (κ1) is 12.6. The number of phenols is 1. The average molecular weight is 263 g/mol. The monoisotopic (exact) mass is 263 g/mol. The second-order valence-corrected chi connectivity index (χ2v) is 5.64. The van der Waals surface area contributed by atoms with E-state index >= 15 is 0 Å². The van der Waals surface area contributed by atoms with E-state index < -0.39 is 0 Å². The highest BCUT2D eigenvalue weighted by molar-refractivity contribution is 5.51. The summed E-state index contributed by atoms with van der Waals surface area (Å²) in [5.74, 6) is 1.63. The van der Waals surface area contributed by atoms with Crippen molar-refractivity contribution < 1.29 is 14.6 Å². The summed E-state index contributed by atoms with van der Waals surface area (Å²) in [4.78, 5) is 0. The topological polar surface area (TPSA) is 50.7 Å². The van der Waals surface area contributed by atoms with E-state index in [2.05, 4.69) is 12.2 Å². The number of ether oxygens (including phenoxy) is 2. The van der Waals surface area contributed by atoms with Gasteiger partial charge >= 0.3 is 0 Å². The van der Waals surface area contributed by atoms with Crippen molar-refractivity contribution in [2.45, 2.75) is 39.2 Å². The van der Waals surface area contributed by atoms with Crippen LogP contribution in [-0.2, 0) is 6.54 Å². The summed E-state index contributed by atoms with van der Waals surface area (Å²) in [6.45, 7) is 4.20. The molecule has 0 atom stereocenters. The molecule has 0 amide bonds. The Labute approximate surface area is 113 Å². The Balaban J connectivity index is 1.61. The molecule has 4 heteroatoms. The van der Waals surface area contributed by atoms with Crippen molar-refractivity contribution in [3.8, 4) is 17.2 Å². The van der Waals surface area contributed by atoms with Crippen LogP contribution in [0.15, 0.2) is 12.1 Å². The highest BCUT2D eigenvalue weighted by Crippen LogP contribution is 2.43. The van der Waals surface area contributed by atoms with E-state index in [1.165, 1.54) is 25.7 Å². The van der Waals surface area contributed by atoms with Gasteiger partial charge in [0.15, 0.2) is 11.5 Å². The molecule has 1 saturated carbocycles. The van der Waals surface area contributed by atoms with E-state index in [-0.39, 0.29) is 12.5 Å². The average Bonchev–Trinajstić information content (AvgIpc) is 2.79. The molecule has 0 saturated heterocycles. The van der Waals surface area contributed by atoms with Crippen LogP contribution in [0.1, 0.15) is 38.2 Å². The zero-order valence-electron chi connectivity index (χ0n) is 11.4. The summed E-state index contributed by atoms with van der Waals surface area (Å²) in [7, 11) is 0. The van der Waals surface area contributed by atoms with Crippen molar-refractivity contribution in [1.29, 1.82) is 0 Å². The SMILES string of the molecule is CCC1(CNCc2cc3c(cc2O)OCO3)CCC1. The summed E-state index contributed by atoms with van der Waals surface area (Å²) in [5, 5.41) is 13.4. The van der Waals surface area contributed by atoms with Gasteiger partial charge in [-0.05, 0) is 30.7 Å². The molecule has 0 unspecified atom stereocenters. The lowest BCUT2D eigenvalue weighted by Gasteiger charge is -2.41. The maximum absolute atomic E-state index is 9.96. The number of fused-ring (bicyclic) bond motifs is 1. The molecular weight excluding hydrogens is 242 g/mol. The molecular formula is C15H21NO3. The number of aromatic hydroxyl groups is 1. The number of rotatable bonds is 5. The number of benzene rings is 1. The van der Waals surface area contributed by atoms with E-state index in [9.17, 15) is 5.11 Å². The van der Waals surface area contributed by atoms with Gasteiger partial charge < -0.3 is 19.9 Å². The van der Waals surface area contributed by atoms with Gasteiger partial charge in [0.2, 0.25) is 6.79 Å². The molecule has 1 fully saturated rings. The number of hydrogen-bond donors (Lipinski definition) is 2. The third-order valence-electron chi connectivity index (χ3n) is 4.55. The van der Waals surface area contributed by atoms with Crippen LogP contribution in [0, 0.1) is 5.41 Å². The van der Waals surface area contributed by atoms with E-state index in [0.29, 0.717) is 17.7 Å². The molecule has 19 heavy (non-hydrogen) atoms. The largest absolute Gasteiger partial charge is 0.507 e. The van der Waals surface area contributed by atoms with Gasteiger partial charge in [0, 0.05) is 24.7 Å². The van der Waals surface area contributed by atoms with Crippen LogP contribution in [0.4, 0.5) is 0 Å². The van der Waals surface area contributed by atoms with Crippen LogP contribution in [0.2, 0.25) is 0 Å². The molecule has 4 nitrogen and oxygen atoms in total. The molecule has 2 N–H and O–H groups in total. The summed E-state index contributed by atoms with van der Waals surface area (Å²) < 4.78 is 10.6. The first-order valence-corrected chi connectivity index (χ1v) is 7.05. The standard InChI is InChI=1S/C15H21NO3/c1-2-15(4-3-5-15)9-16-8-11-6-13-14(7-12(11)17)19-10-18-13/h6-7,16-17H,2-5,8-10H2,1H3. The molecule has 1 aliphatic carbocycles. The Morgan fingerprint density at radius 2 is 2.00 bits per heavy atom. The van der Waals surface area contributed by atoms with Gasteiger partial charge in [0.1, 0.15) is 5.75 Å². The van der Waals surface area contributed by atoms with Crippen molar-refractivity contribution in [3.63, 3.8) is 0 Å². The lowest BCUT2D eigenvalue weighted by molar-refractivity contribution is 0.123. The van der Waals surface area contributed by atoms with E-state index in [0.717, 1.165) is 17.9 Å². The minimum atomic E-state index is 0.241. The van der Waals surface area contributed by atoms with Gasteiger partial charge in [-0.15, -0.1) is 0 Å². The first-order chi connectivity index (χ1) is 9.22. The van der Waals surface area contributed by atoms with E-state index in [4.69, 9.17) is 9.47 Å². The molecule has 0 radical (unpaired) electrons. The fourth-order valence-electron chi connectivity index (χ4n) is 2.91. The Morgan fingerprint density at radius 3 is 2.63 bits per heavy atom. The normalized spacial score (nSPS) is 19.2.